The molecule has 2 N–H and O–H groups in total. The minimum Gasteiger partial charge on any atom is -0.392 e. The van der Waals surface area contributed by atoms with Crippen LogP contribution in [0.4, 0.5) is 0 Å². The third-order valence-corrected chi connectivity index (χ3v) is 5.62. The summed E-state index contributed by atoms with van der Waals surface area (Å²) in [7, 11) is 0. The standard InChI is InChI=1S/C19H22BrCl2NO/c1-13(24)18(19(2,20)15-5-9-17(22)10-6-15)23-12-11-14-3-7-16(21)8-4-14/h3-10,13,18,23-24H,11-12H2,1-2H3. The van der Waals surface area contributed by atoms with Crippen LogP contribution in [0.25, 0.3) is 0 Å². The topological polar surface area (TPSA) is 32.3 Å². The highest BCUT2D eigenvalue weighted by molar-refractivity contribution is 9.09. The van der Waals surface area contributed by atoms with E-state index in [-0.39, 0.29) is 6.04 Å². The van der Waals surface area contributed by atoms with E-state index in [1.807, 2.05) is 48.5 Å². The summed E-state index contributed by atoms with van der Waals surface area (Å²) in [6, 6.07) is 15.4. The van der Waals surface area contributed by atoms with E-state index in [4.69, 9.17) is 23.2 Å². The fourth-order valence-electron chi connectivity index (χ4n) is 2.79. The van der Waals surface area contributed by atoms with Crippen LogP contribution >= 0.6 is 39.1 Å². The van der Waals surface area contributed by atoms with Gasteiger partial charge in [-0.1, -0.05) is 63.4 Å². The number of aliphatic hydroxyl groups is 1. The summed E-state index contributed by atoms with van der Waals surface area (Å²) >= 11 is 15.7. The smallest absolute Gasteiger partial charge is 0.0682 e. The molecule has 0 heterocycles. The number of halogens is 3. The predicted molar refractivity (Wildman–Crippen MR) is 106 cm³/mol. The van der Waals surface area contributed by atoms with Crippen LogP contribution in [0.1, 0.15) is 25.0 Å². The first-order valence-electron chi connectivity index (χ1n) is 7.91. The average molecular weight is 431 g/mol. The van der Waals surface area contributed by atoms with Gasteiger partial charge in [-0.3, -0.25) is 0 Å². The van der Waals surface area contributed by atoms with E-state index in [1.54, 1.807) is 6.92 Å². The fourth-order valence-corrected chi connectivity index (χ4v) is 3.85. The molecule has 0 fully saturated rings. The minimum atomic E-state index is -0.518. The van der Waals surface area contributed by atoms with Gasteiger partial charge in [0.05, 0.1) is 16.5 Å². The van der Waals surface area contributed by atoms with Crippen LogP contribution in [-0.2, 0) is 10.7 Å². The van der Waals surface area contributed by atoms with Crippen molar-refractivity contribution in [2.24, 2.45) is 0 Å². The number of aliphatic hydroxyl groups excluding tert-OH is 1. The lowest BCUT2D eigenvalue weighted by atomic mass is 9.89. The Bertz CT molecular complexity index is 641. The molecule has 0 bridgehead atoms. The van der Waals surface area contributed by atoms with Gasteiger partial charge in [0.1, 0.15) is 0 Å². The molecule has 5 heteroatoms. The predicted octanol–water partition coefficient (Wildman–Crippen LogP) is 5.19. The maximum absolute atomic E-state index is 10.3. The van der Waals surface area contributed by atoms with Gasteiger partial charge in [-0.15, -0.1) is 0 Å². The maximum Gasteiger partial charge on any atom is 0.0682 e. The molecule has 0 amide bonds. The summed E-state index contributed by atoms with van der Waals surface area (Å²) in [6.45, 7) is 4.62. The average Bonchev–Trinajstić information content (AvgIpc) is 2.53. The van der Waals surface area contributed by atoms with Gasteiger partial charge in [0, 0.05) is 10.0 Å². The number of benzene rings is 2. The Morgan fingerprint density at radius 1 is 1.04 bits per heavy atom. The molecule has 2 rings (SSSR count). The highest BCUT2D eigenvalue weighted by Gasteiger charge is 2.36. The molecule has 0 spiro atoms. The SMILES string of the molecule is CC(O)C(NCCc1ccc(Cl)cc1)C(C)(Br)c1ccc(Cl)cc1. The van der Waals surface area contributed by atoms with Crippen molar-refractivity contribution in [3.05, 3.63) is 69.7 Å². The Balaban J connectivity index is 2.05. The molecule has 3 atom stereocenters. The molecule has 0 aliphatic carbocycles. The van der Waals surface area contributed by atoms with Crippen LogP contribution < -0.4 is 5.32 Å². The second kappa shape index (κ2) is 8.68. The Morgan fingerprint density at radius 2 is 1.54 bits per heavy atom. The van der Waals surface area contributed by atoms with Crippen molar-refractivity contribution in [2.75, 3.05) is 6.54 Å². The zero-order valence-electron chi connectivity index (χ0n) is 13.8. The van der Waals surface area contributed by atoms with Crippen molar-refractivity contribution in [1.82, 2.24) is 5.32 Å². The Morgan fingerprint density at radius 3 is 2.04 bits per heavy atom. The maximum atomic E-state index is 10.3. The second-order valence-electron chi connectivity index (χ2n) is 6.13. The zero-order chi connectivity index (χ0) is 17.7. The second-order valence-corrected chi connectivity index (χ2v) is 8.65. The van der Waals surface area contributed by atoms with E-state index in [0.29, 0.717) is 5.02 Å². The minimum absolute atomic E-state index is 0.147. The molecule has 0 radical (unpaired) electrons. The molecule has 0 aromatic heterocycles. The summed E-state index contributed by atoms with van der Waals surface area (Å²) < 4.78 is -0.411. The molecule has 2 aromatic rings. The van der Waals surface area contributed by atoms with E-state index in [0.717, 1.165) is 23.6 Å². The van der Waals surface area contributed by atoms with Crippen molar-refractivity contribution < 1.29 is 5.11 Å². The van der Waals surface area contributed by atoms with Gasteiger partial charge in [0.15, 0.2) is 0 Å². The molecule has 3 unspecified atom stereocenters. The molecule has 0 saturated carbocycles. The third kappa shape index (κ3) is 5.21. The van der Waals surface area contributed by atoms with Gasteiger partial charge in [0.2, 0.25) is 0 Å². The summed E-state index contributed by atoms with van der Waals surface area (Å²) in [4.78, 5) is 0. The van der Waals surface area contributed by atoms with Crippen molar-refractivity contribution >= 4 is 39.1 Å². The van der Waals surface area contributed by atoms with Crippen LogP contribution in [0.2, 0.25) is 10.0 Å². The quantitative estimate of drug-likeness (QED) is 0.592. The number of nitrogens with one attached hydrogen (secondary N) is 1. The van der Waals surface area contributed by atoms with Crippen LogP contribution in [-0.4, -0.2) is 23.8 Å². The van der Waals surface area contributed by atoms with Crippen LogP contribution in [0, 0.1) is 0 Å². The number of rotatable bonds is 7. The number of alkyl halides is 1. The van der Waals surface area contributed by atoms with Gasteiger partial charge in [-0.05, 0) is 62.2 Å². The van der Waals surface area contributed by atoms with E-state index < -0.39 is 10.4 Å². The lowest BCUT2D eigenvalue weighted by Crippen LogP contribution is -2.50. The first-order valence-corrected chi connectivity index (χ1v) is 9.46. The molecule has 24 heavy (non-hydrogen) atoms. The molecule has 2 aromatic carbocycles. The molecule has 0 saturated heterocycles. The number of hydrogen-bond donors (Lipinski definition) is 2. The summed E-state index contributed by atoms with van der Waals surface area (Å²) in [6.07, 6.45) is 0.347. The number of hydrogen-bond acceptors (Lipinski definition) is 2. The summed E-state index contributed by atoms with van der Waals surface area (Å²) in [5.74, 6) is 0. The summed E-state index contributed by atoms with van der Waals surface area (Å²) in [5, 5.41) is 15.2. The lowest BCUT2D eigenvalue weighted by Gasteiger charge is -2.36. The van der Waals surface area contributed by atoms with Gasteiger partial charge in [-0.25, -0.2) is 0 Å². The molecule has 0 aliphatic heterocycles. The van der Waals surface area contributed by atoms with E-state index in [1.165, 1.54) is 5.56 Å². The van der Waals surface area contributed by atoms with Crippen molar-refractivity contribution in [1.29, 1.82) is 0 Å². The largest absolute Gasteiger partial charge is 0.392 e. The molecule has 2 nitrogen and oxygen atoms in total. The molecular weight excluding hydrogens is 409 g/mol. The third-order valence-electron chi connectivity index (χ3n) is 4.17. The van der Waals surface area contributed by atoms with E-state index in [2.05, 4.69) is 28.2 Å². The fraction of sp³-hybridized carbons (Fsp3) is 0.368. The van der Waals surface area contributed by atoms with Crippen molar-refractivity contribution in [2.45, 2.75) is 36.7 Å². The van der Waals surface area contributed by atoms with Gasteiger partial charge < -0.3 is 10.4 Å². The van der Waals surface area contributed by atoms with Crippen LogP contribution in [0.3, 0.4) is 0 Å². The first kappa shape index (κ1) is 19.7. The Hall–Kier alpha value is -0.580. The van der Waals surface area contributed by atoms with Crippen LogP contribution in [0.15, 0.2) is 48.5 Å². The first-order chi connectivity index (χ1) is 11.3. The molecule has 0 aliphatic rings. The highest BCUT2D eigenvalue weighted by atomic mass is 79.9. The Kier molecular flexibility index (Phi) is 7.14. The normalized spacial score (nSPS) is 16.4. The van der Waals surface area contributed by atoms with Gasteiger partial charge >= 0.3 is 0 Å². The highest BCUT2D eigenvalue weighted by Crippen LogP contribution is 2.36. The van der Waals surface area contributed by atoms with Gasteiger partial charge in [-0.2, -0.15) is 0 Å². The van der Waals surface area contributed by atoms with Gasteiger partial charge in [0.25, 0.3) is 0 Å². The monoisotopic (exact) mass is 429 g/mol. The van der Waals surface area contributed by atoms with E-state index in [9.17, 15) is 5.11 Å². The molecular formula is C19H22BrCl2NO. The lowest BCUT2D eigenvalue weighted by molar-refractivity contribution is 0.128. The van der Waals surface area contributed by atoms with Crippen molar-refractivity contribution in [3.8, 4) is 0 Å². The van der Waals surface area contributed by atoms with Crippen molar-refractivity contribution in [3.63, 3.8) is 0 Å². The summed E-state index contributed by atoms with van der Waals surface area (Å²) in [5.41, 5.74) is 2.27. The Labute approximate surface area is 162 Å². The molecule has 130 valence electrons. The zero-order valence-corrected chi connectivity index (χ0v) is 16.9. The van der Waals surface area contributed by atoms with Crippen LogP contribution in [0.5, 0.6) is 0 Å². The van der Waals surface area contributed by atoms with E-state index >= 15 is 0 Å².